The van der Waals surface area contributed by atoms with E-state index in [9.17, 15) is 9.59 Å². The number of aromatic nitrogens is 5. The number of nitrogens with zero attached hydrogens (tertiary/aromatic N) is 7. The van der Waals surface area contributed by atoms with E-state index < -0.39 is 0 Å². The van der Waals surface area contributed by atoms with Gasteiger partial charge in [0.1, 0.15) is 18.1 Å². The minimum atomic E-state index is -0.174. The topological polar surface area (TPSA) is 106 Å². The van der Waals surface area contributed by atoms with Gasteiger partial charge in [-0.2, -0.15) is 5.10 Å². The summed E-state index contributed by atoms with van der Waals surface area (Å²) in [6, 6.07) is 2.00. The molecule has 9 nitrogen and oxygen atoms in total. The summed E-state index contributed by atoms with van der Waals surface area (Å²) >= 11 is 0. The van der Waals surface area contributed by atoms with E-state index in [1.807, 2.05) is 44.2 Å². The van der Waals surface area contributed by atoms with Gasteiger partial charge in [0.15, 0.2) is 5.78 Å². The van der Waals surface area contributed by atoms with E-state index >= 15 is 0 Å². The molecule has 37 heavy (non-hydrogen) atoms. The molecule has 2 fully saturated rings. The first-order valence-electron chi connectivity index (χ1n) is 12.4. The van der Waals surface area contributed by atoms with Crippen molar-refractivity contribution in [2.24, 2.45) is 10.4 Å². The number of rotatable bonds is 8. The molecule has 0 aromatic carbocycles. The summed E-state index contributed by atoms with van der Waals surface area (Å²) in [7, 11) is 2.04. The third-order valence-electron chi connectivity index (χ3n) is 7.23. The molecule has 1 amide bonds. The quantitative estimate of drug-likeness (QED) is 0.269. The molecule has 3 aromatic rings. The summed E-state index contributed by atoms with van der Waals surface area (Å²) in [6.45, 7) is 11.2. The van der Waals surface area contributed by atoms with E-state index in [1.165, 1.54) is 13.1 Å². The van der Waals surface area contributed by atoms with Crippen LogP contribution >= 0.6 is 0 Å². The van der Waals surface area contributed by atoms with Crippen LogP contribution in [0.1, 0.15) is 49.9 Å². The zero-order valence-electron chi connectivity index (χ0n) is 21.5. The minimum Gasteiger partial charge on any atom is -0.342 e. The van der Waals surface area contributed by atoms with Crippen molar-refractivity contribution in [2.75, 3.05) is 0 Å². The lowest BCUT2D eigenvalue weighted by Crippen LogP contribution is -2.45. The van der Waals surface area contributed by atoms with Gasteiger partial charge in [-0.05, 0) is 43.8 Å². The second-order valence-electron chi connectivity index (χ2n) is 10.0. The summed E-state index contributed by atoms with van der Waals surface area (Å²) in [5, 5.41) is 5.19. The Morgan fingerprint density at radius 1 is 1.24 bits per heavy atom. The third kappa shape index (κ3) is 4.63. The summed E-state index contributed by atoms with van der Waals surface area (Å²) in [6.07, 6.45) is 12.3. The first kappa shape index (κ1) is 24.7. The molecule has 3 aromatic heterocycles. The van der Waals surface area contributed by atoms with Gasteiger partial charge in [-0.3, -0.25) is 24.2 Å². The minimum absolute atomic E-state index is 0.0208. The van der Waals surface area contributed by atoms with Crippen molar-refractivity contribution in [3.8, 4) is 11.3 Å². The van der Waals surface area contributed by atoms with Crippen molar-refractivity contribution in [3.05, 3.63) is 61.1 Å². The Morgan fingerprint density at radius 2 is 2.00 bits per heavy atom. The number of hydrogen-bond acceptors (Lipinski definition) is 7. The smallest absolute Gasteiger partial charge is 0.244 e. The van der Waals surface area contributed by atoms with Gasteiger partial charge in [0.05, 0.1) is 17.4 Å². The van der Waals surface area contributed by atoms with Crippen LogP contribution in [-0.4, -0.2) is 66.2 Å². The molecular formula is C27H29BN7O2. The van der Waals surface area contributed by atoms with Crippen molar-refractivity contribution < 1.29 is 9.59 Å². The molecule has 1 saturated heterocycles. The lowest BCUT2D eigenvalue weighted by Gasteiger charge is -2.27. The van der Waals surface area contributed by atoms with E-state index in [0.717, 1.165) is 24.0 Å². The molecule has 1 aliphatic carbocycles. The molecule has 3 atom stereocenters. The number of allylic oxidation sites excluding steroid dienone is 2. The van der Waals surface area contributed by atoms with Gasteiger partial charge in [-0.25, -0.2) is 9.97 Å². The highest BCUT2D eigenvalue weighted by molar-refractivity contribution is 6.79. The van der Waals surface area contributed by atoms with Gasteiger partial charge in [0.2, 0.25) is 13.2 Å². The van der Waals surface area contributed by atoms with E-state index in [0.29, 0.717) is 28.1 Å². The molecular weight excluding hydrogens is 465 g/mol. The Balaban J connectivity index is 1.45. The number of amides is 1. The number of piperidine rings is 1. The molecule has 0 bridgehead atoms. The fourth-order valence-electron chi connectivity index (χ4n) is 5.30. The zero-order chi connectivity index (χ0) is 26.3. The number of ketones is 1. The van der Waals surface area contributed by atoms with Gasteiger partial charge in [-0.1, -0.05) is 25.7 Å². The number of fused-ring (bicyclic) bond motifs is 2. The van der Waals surface area contributed by atoms with Crippen LogP contribution in [0.5, 0.6) is 0 Å². The Bertz CT molecular complexity index is 1460. The average molecular weight is 494 g/mol. The molecule has 4 heterocycles. The Labute approximate surface area is 216 Å². The predicted molar refractivity (Wildman–Crippen MR) is 143 cm³/mol. The van der Waals surface area contributed by atoms with Crippen LogP contribution in [0.15, 0.2) is 54.6 Å². The number of Topliss-reactive ketones (excluding diaryl/α,β-unsaturated/α-hetero) is 1. The molecule has 2 aliphatic rings. The van der Waals surface area contributed by atoms with E-state index in [2.05, 4.69) is 38.5 Å². The summed E-state index contributed by atoms with van der Waals surface area (Å²) in [4.78, 5) is 45.5. The Kier molecular flexibility index (Phi) is 6.35. The van der Waals surface area contributed by atoms with Gasteiger partial charge in [-0.15, -0.1) is 0 Å². The fraction of sp³-hybridized carbons (Fsp3) is 0.370. The first-order chi connectivity index (χ1) is 17.7. The average Bonchev–Trinajstić information content (AvgIpc) is 3.23. The van der Waals surface area contributed by atoms with Crippen molar-refractivity contribution in [1.29, 1.82) is 0 Å². The van der Waals surface area contributed by atoms with Crippen molar-refractivity contribution in [3.63, 3.8) is 0 Å². The monoisotopic (exact) mass is 494 g/mol. The van der Waals surface area contributed by atoms with Gasteiger partial charge in [0.25, 0.3) is 0 Å². The second-order valence-corrected chi connectivity index (χ2v) is 10.0. The van der Waals surface area contributed by atoms with Gasteiger partial charge in [0, 0.05) is 48.5 Å². The molecule has 0 spiro atoms. The van der Waals surface area contributed by atoms with E-state index in [-0.39, 0.29) is 35.6 Å². The molecule has 1 radical (unpaired) electrons. The fourth-order valence-corrected chi connectivity index (χ4v) is 5.30. The molecule has 187 valence electrons. The van der Waals surface area contributed by atoms with Crippen LogP contribution in [0.4, 0.5) is 0 Å². The second kappa shape index (κ2) is 9.50. The third-order valence-corrected chi connectivity index (χ3v) is 7.23. The largest absolute Gasteiger partial charge is 0.342 e. The molecule has 1 aliphatic heterocycles. The van der Waals surface area contributed by atoms with Crippen LogP contribution < -0.4 is 0 Å². The standard InChI is InChI=1S/C27H29BN7O2/c1-6-8-23(29-7-2)28-24-11-27(5)10-22(27)35(24)25(37)15-34-21-14-32-20(18-12-30-17(4)31-13-18)9-19(21)26(33-34)16(3)36/h6-9,12-14,22,24H,2,10-11,15H2,1,3-5H3/b8-6-,29-23?/t22-,24+,27-/m1/s1. The number of hydrogen-bond donors (Lipinski definition) is 0. The SMILES string of the molecule is C=CN=C([B][C@@H]1C[C@@]2(C)C[C@H]2N1C(=O)Cn1nc(C(C)=O)c2cc(-c3cnc(C)nc3)ncc21)/C=C\C. The normalized spacial score (nSPS) is 22.9. The van der Waals surface area contributed by atoms with Gasteiger partial charge >= 0.3 is 0 Å². The molecule has 1 saturated carbocycles. The van der Waals surface area contributed by atoms with Crippen molar-refractivity contribution in [1.82, 2.24) is 29.6 Å². The summed E-state index contributed by atoms with van der Waals surface area (Å²) in [5.74, 6) is 0.388. The maximum atomic E-state index is 13.7. The highest BCUT2D eigenvalue weighted by Gasteiger charge is 2.62. The number of carbonyl (C=O) groups is 2. The van der Waals surface area contributed by atoms with Crippen LogP contribution in [0.3, 0.4) is 0 Å². The van der Waals surface area contributed by atoms with Gasteiger partial charge < -0.3 is 4.90 Å². The summed E-state index contributed by atoms with van der Waals surface area (Å²) < 4.78 is 1.59. The highest BCUT2D eigenvalue weighted by atomic mass is 16.2. The maximum absolute atomic E-state index is 13.7. The molecule has 5 rings (SSSR count). The predicted octanol–water partition coefficient (Wildman–Crippen LogP) is 3.56. The number of carbonyl (C=O) groups excluding carboxylic acids is 2. The number of aliphatic imine (C=N–C) groups is 1. The Morgan fingerprint density at radius 3 is 2.68 bits per heavy atom. The number of pyridine rings is 1. The van der Waals surface area contributed by atoms with Crippen molar-refractivity contribution >= 4 is 35.5 Å². The molecule has 0 unspecified atom stereocenters. The lowest BCUT2D eigenvalue weighted by molar-refractivity contribution is -0.132. The Hall–Kier alpha value is -3.95. The first-order valence-corrected chi connectivity index (χ1v) is 12.4. The molecule has 10 heteroatoms. The van der Waals surface area contributed by atoms with Crippen LogP contribution in [0.25, 0.3) is 22.2 Å². The summed E-state index contributed by atoms with van der Waals surface area (Å²) in [5.41, 5.74) is 3.24. The van der Waals surface area contributed by atoms with Crippen molar-refractivity contribution in [2.45, 2.75) is 59.1 Å². The zero-order valence-corrected chi connectivity index (χ0v) is 21.5. The number of likely N-dealkylation sites (tertiary alicyclic amines) is 1. The van der Waals surface area contributed by atoms with E-state index in [1.54, 1.807) is 23.3 Å². The number of aryl methyl sites for hydroxylation is 1. The van der Waals surface area contributed by atoms with Crippen LogP contribution in [-0.2, 0) is 11.3 Å². The maximum Gasteiger partial charge on any atom is 0.244 e. The van der Waals surface area contributed by atoms with E-state index in [4.69, 9.17) is 0 Å². The lowest BCUT2D eigenvalue weighted by atomic mass is 9.62. The van der Waals surface area contributed by atoms with Crippen LogP contribution in [0, 0.1) is 12.3 Å². The molecule has 0 N–H and O–H groups in total. The van der Waals surface area contributed by atoms with Crippen LogP contribution in [0.2, 0.25) is 0 Å². The highest BCUT2D eigenvalue weighted by Crippen LogP contribution is 2.59.